The Hall–Kier alpha value is -2.47. The Bertz CT molecular complexity index is 751. The summed E-state index contributed by atoms with van der Waals surface area (Å²) in [6.07, 6.45) is 1.79. The minimum atomic E-state index is 0.532. The molecular formula is C19H25ClN6. The number of hydrogen-bond donors (Lipinski definition) is 1. The minimum Gasteiger partial charge on any atom is -0.370 e. The summed E-state index contributed by atoms with van der Waals surface area (Å²) in [6, 6.07) is 11.9. The molecule has 0 saturated carbocycles. The molecule has 1 aromatic heterocycles. The van der Waals surface area contributed by atoms with E-state index >= 15 is 0 Å². The highest BCUT2D eigenvalue weighted by Gasteiger charge is 2.18. The molecule has 1 aromatic carbocycles. The zero-order valence-corrected chi connectivity index (χ0v) is 16.0. The van der Waals surface area contributed by atoms with Crippen molar-refractivity contribution < 1.29 is 0 Å². The number of aliphatic imine (C=N–C) groups is 1. The highest BCUT2D eigenvalue weighted by Crippen LogP contribution is 2.20. The summed E-state index contributed by atoms with van der Waals surface area (Å²) in [4.78, 5) is 15.5. The van der Waals surface area contributed by atoms with Crippen LogP contribution in [0.15, 0.2) is 47.6 Å². The van der Waals surface area contributed by atoms with Crippen molar-refractivity contribution in [3.8, 4) is 0 Å². The lowest BCUT2D eigenvalue weighted by Crippen LogP contribution is -2.51. The minimum absolute atomic E-state index is 0.532. The summed E-state index contributed by atoms with van der Waals surface area (Å²) < 4.78 is 0. The van der Waals surface area contributed by atoms with Gasteiger partial charge in [-0.2, -0.15) is 0 Å². The van der Waals surface area contributed by atoms with Gasteiger partial charge in [0, 0.05) is 62.7 Å². The van der Waals surface area contributed by atoms with Gasteiger partial charge in [-0.15, -0.1) is 0 Å². The fraction of sp³-hybridized carbons (Fsp3) is 0.368. The number of guanidine groups is 1. The maximum atomic E-state index is 6.23. The van der Waals surface area contributed by atoms with Crippen LogP contribution in [0.5, 0.6) is 0 Å². The molecule has 3 rings (SSSR count). The Morgan fingerprint density at radius 1 is 1.15 bits per heavy atom. The zero-order chi connectivity index (χ0) is 18.5. The number of benzene rings is 1. The lowest BCUT2D eigenvalue weighted by atomic mass is 10.2. The number of halogens is 1. The fourth-order valence-corrected chi connectivity index (χ4v) is 3.19. The molecule has 2 heterocycles. The second-order valence-electron chi connectivity index (χ2n) is 6.51. The predicted octanol–water partition coefficient (Wildman–Crippen LogP) is 2.44. The Labute approximate surface area is 159 Å². The van der Waals surface area contributed by atoms with Crippen LogP contribution in [0.4, 0.5) is 11.5 Å². The molecule has 7 heteroatoms. The summed E-state index contributed by atoms with van der Waals surface area (Å²) in [7, 11) is 3.96. The largest absolute Gasteiger partial charge is 0.370 e. The quantitative estimate of drug-likeness (QED) is 0.659. The summed E-state index contributed by atoms with van der Waals surface area (Å²) in [5.41, 5.74) is 8.49. The first-order valence-corrected chi connectivity index (χ1v) is 9.09. The monoisotopic (exact) mass is 372 g/mol. The van der Waals surface area contributed by atoms with E-state index < -0.39 is 0 Å². The van der Waals surface area contributed by atoms with Gasteiger partial charge in [-0.3, -0.25) is 0 Å². The fourth-order valence-electron chi connectivity index (χ4n) is 3.07. The molecule has 1 fully saturated rings. The van der Waals surface area contributed by atoms with Crippen LogP contribution in [0.25, 0.3) is 0 Å². The van der Waals surface area contributed by atoms with Crippen LogP contribution in [-0.2, 0) is 6.54 Å². The van der Waals surface area contributed by atoms with Crippen molar-refractivity contribution in [2.45, 2.75) is 6.54 Å². The van der Waals surface area contributed by atoms with Gasteiger partial charge in [0.1, 0.15) is 5.82 Å². The van der Waals surface area contributed by atoms with E-state index in [0.717, 1.165) is 42.6 Å². The number of pyridine rings is 1. The average molecular weight is 373 g/mol. The molecule has 0 unspecified atom stereocenters. The van der Waals surface area contributed by atoms with E-state index in [0.29, 0.717) is 12.5 Å². The van der Waals surface area contributed by atoms with Crippen LogP contribution in [-0.4, -0.2) is 56.1 Å². The predicted molar refractivity (Wildman–Crippen MR) is 109 cm³/mol. The molecule has 1 aliphatic heterocycles. The van der Waals surface area contributed by atoms with Gasteiger partial charge in [-0.05, 0) is 30.3 Å². The van der Waals surface area contributed by atoms with Gasteiger partial charge in [-0.25, -0.2) is 9.98 Å². The first-order chi connectivity index (χ1) is 12.5. The third-order valence-electron chi connectivity index (χ3n) is 4.50. The van der Waals surface area contributed by atoms with Gasteiger partial charge in [-0.1, -0.05) is 17.7 Å². The molecular weight excluding hydrogens is 348 g/mol. The lowest BCUT2D eigenvalue weighted by Gasteiger charge is -2.36. The maximum absolute atomic E-state index is 6.23. The van der Waals surface area contributed by atoms with Gasteiger partial charge in [0.2, 0.25) is 0 Å². The highest BCUT2D eigenvalue weighted by atomic mass is 35.5. The SMILES string of the molecule is CN(C)c1ncccc1CN=C(N)N1CCN(c2ccc(Cl)cc2)CC1. The van der Waals surface area contributed by atoms with Gasteiger partial charge in [0.25, 0.3) is 0 Å². The zero-order valence-electron chi connectivity index (χ0n) is 15.3. The molecule has 0 spiro atoms. The van der Waals surface area contributed by atoms with E-state index in [-0.39, 0.29) is 0 Å². The molecule has 0 radical (unpaired) electrons. The molecule has 6 nitrogen and oxygen atoms in total. The molecule has 2 aromatic rings. The third kappa shape index (κ3) is 4.38. The maximum Gasteiger partial charge on any atom is 0.191 e. The van der Waals surface area contributed by atoms with E-state index in [2.05, 4.69) is 31.9 Å². The normalized spacial score (nSPS) is 15.3. The van der Waals surface area contributed by atoms with E-state index in [1.54, 1.807) is 6.20 Å². The van der Waals surface area contributed by atoms with Crippen molar-refractivity contribution >= 4 is 29.1 Å². The number of nitrogens with zero attached hydrogens (tertiary/aromatic N) is 5. The van der Waals surface area contributed by atoms with Crippen LogP contribution >= 0.6 is 11.6 Å². The van der Waals surface area contributed by atoms with Gasteiger partial charge >= 0.3 is 0 Å². The van der Waals surface area contributed by atoms with E-state index in [9.17, 15) is 0 Å². The molecule has 138 valence electrons. The molecule has 2 N–H and O–H groups in total. The standard InChI is InChI=1S/C19H25ClN6/c1-24(2)18-15(4-3-9-22-18)14-23-19(21)26-12-10-25(11-13-26)17-7-5-16(20)6-8-17/h3-9H,10-14H2,1-2H3,(H2,21,23). The van der Waals surface area contributed by atoms with Crippen molar-refractivity contribution in [2.24, 2.45) is 10.7 Å². The number of hydrogen-bond acceptors (Lipinski definition) is 4. The van der Waals surface area contributed by atoms with Crippen LogP contribution in [0, 0.1) is 0 Å². The summed E-state index contributed by atoms with van der Waals surface area (Å²) >= 11 is 5.96. The van der Waals surface area contributed by atoms with Crippen LogP contribution in [0.2, 0.25) is 5.02 Å². The van der Waals surface area contributed by atoms with Crippen molar-refractivity contribution in [1.29, 1.82) is 0 Å². The first-order valence-electron chi connectivity index (χ1n) is 8.71. The van der Waals surface area contributed by atoms with E-state index in [4.69, 9.17) is 17.3 Å². The van der Waals surface area contributed by atoms with Crippen molar-refractivity contribution in [3.05, 3.63) is 53.2 Å². The van der Waals surface area contributed by atoms with Crippen molar-refractivity contribution in [1.82, 2.24) is 9.88 Å². The number of aromatic nitrogens is 1. The van der Waals surface area contributed by atoms with Gasteiger partial charge in [0.15, 0.2) is 5.96 Å². The van der Waals surface area contributed by atoms with Crippen LogP contribution < -0.4 is 15.5 Å². The molecule has 0 bridgehead atoms. The van der Waals surface area contributed by atoms with Gasteiger partial charge < -0.3 is 20.4 Å². The first kappa shape index (κ1) is 18.3. The summed E-state index contributed by atoms with van der Waals surface area (Å²) in [5, 5.41) is 0.760. The molecule has 26 heavy (non-hydrogen) atoms. The Balaban J connectivity index is 1.59. The van der Waals surface area contributed by atoms with Crippen LogP contribution in [0.1, 0.15) is 5.56 Å². The second kappa shape index (κ2) is 8.27. The number of nitrogens with two attached hydrogens (primary N) is 1. The third-order valence-corrected chi connectivity index (χ3v) is 4.75. The molecule has 1 aliphatic rings. The van der Waals surface area contributed by atoms with Gasteiger partial charge in [0.05, 0.1) is 6.54 Å². The molecule has 0 amide bonds. The topological polar surface area (TPSA) is 61.0 Å². The van der Waals surface area contributed by atoms with Crippen molar-refractivity contribution in [2.75, 3.05) is 50.1 Å². The Morgan fingerprint density at radius 3 is 2.50 bits per heavy atom. The molecule has 1 saturated heterocycles. The van der Waals surface area contributed by atoms with Crippen LogP contribution in [0.3, 0.4) is 0 Å². The van der Waals surface area contributed by atoms with E-state index in [1.807, 2.05) is 43.3 Å². The highest BCUT2D eigenvalue weighted by molar-refractivity contribution is 6.30. The second-order valence-corrected chi connectivity index (χ2v) is 6.94. The summed E-state index contributed by atoms with van der Waals surface area (Å²) in [6.45, 7) is 4.06. The molecule has 0 atom stereocenters. The summed E-state index contributed by atoms with van der Waals surface area (Å²) in [5.74, 6) is 1.52. The lowest BCUT2D eigenvalue weighted by molar-refractivity contribution is 0.380. The smallest absolute Gasteiger partial charge is 0.191 e. The Morgan fingerprint density at radius 2 is 1.85 bits per heavy atom. The number of piperazine rings is 1. The van der Waals surface area contributed by atoms with Crippen molar-refractivity contribution in [3.63, 3.8) is 0 Å². The number of rotatable bonds is 4. The van der Waals surface area contributed by atoms with E-state index in [1.165, 1.54) is 5.69 Å². The molecule has 0 aliphatic carbocycles. The average Bonchev–Trinajstić information content (AvgIpc) is 2.67. The Kier molecular flexibility index (Phi) is 5.83. The number of anilines is 2.